The Kier molecular flexibility index (Phi) is 3.41. The fourth-order valence-corrected chi connectivity index (χ4v) is 0.706. The number of aromatic nitrogens is 1. The SMILES string of the molecule is COCCNc1cc[c]cn1. The first-order chi connectivity index (χ1) is 5.43. The number of ether oxygens (including phenoxy) is 1. The van der Waals surface area contributed by atoms with E-state index in [9.17, 15) is 0 Å². The predicted molar refractivity (Wildman–Crippen MR) is 43.4 cm³/mol. The van der Waals surface area contributed by atoms with Gasteiger partial charge in [0.25, 0.3) is 0 Å². The topological polar surface area (TPSA) is 34.1 Å². The number of hydrogen-bond acceptors (Lipinski definition) is 3. The van der Waals surface area contributed by atoms with E-state index in [2.05, 4.69) is 16.4 Å². The lowest BCUT2D eigenvalue weighted by molar-refractivity contribution is 0.210. The molecule has 0 fully saturated rings. The molecule has 1 aromatic heterocycles. The molecule has 0 aliphatic carbocycles. The third kappa shape index (κ3) is 3.00. The molecule has 11 heavy (non-hydrogen) atoms. The third-order valence-electron chi connectivity index (χ3n) is 1.23. The summed E-state index contributed by atoms with van der Waals surface area (Å²) in [5, 5.41) is 3.09. The Morgan fingerprint density at radius 3 is 3.27 bits per heavy atom. The minimum atomic E-state index is 0.695. The molecule has 0 atom stereocenters. The molecule has 0 bridgehead atoms. The summed E-state index contributed by atoms with van der Waals surface area (Å²) in [4.78, 5) is 4.03. The maximum Gasteiger partial charge on any atom is 0.125 e. The Hall–Kier alpha value is -1.09. The highest BCUT2D eigenvalue weighted by Gasteiger charge is 1.88. The van der Waals surface area contributed by atoms with Crippen LogP contribution in [0.25, 0.3) is 0 Å². The number of nitrogens with zero attached hydrogens (tertiary/aromatic N) is 1. The molecule has 0 amide bonds. The minimum absolute atomic E-state index is 0.695. The highest BCUT2D eigenvalue weighted by Crippen LogP contribution is 1.97. The van der Waals surface area contributed by atoms with Gasteiger partial charge in [0.1, 0.15) is 5.82 Å². The summed E-state index contributed by atoms with van der Waals surface area (Å²) in [6, 6.07) is 6.53. The van der Waals surface area contributed by atoms with E-state index in [0.29, 0.717) is 6.61 Å². The number of rotatable bonds is 4. The fourth-order valence-electron chi connectivity index (χ4n) is 0.706. The summed E-state index contributed by atoms with van der Waals surface area (Å²) in [5.74, 6) is 0.862. The van der Waals surface area contributed by atoms with Crippen molar-refractivity contribution in [3.8, 4) is 0 Å². The van der Waals surface area contributed by atoms with E-state index < -0.39 is 0 Å². The molecule has 1 N–H and O–H groups in total. The van der Waals surface area contributed by atoms with Crippen LogP contribution in [0.4, 0.5) is 5.82 Å². The first-order valence-corrected chi connectivity index (χ1v) is 3.48. The molecule has 3 heteroatoms. The van der Waals surface area contributed by atoms with E-state index in [1.165, 1.54) is 0 Å². The molecule has 3 nitrogen and oxygen atoms in total. The van der Waals surface area contributed by atoms with E-state index in [0.717, 1.165) is 12.4 Å². The van der Waals surface area contributed by atoms with E-state index in [1.54, 1.807) is 13.3 Å². The van der Waals surface area contributed by atoms with Crippen molar-refractivity contribution in [1.82, 2.24) is 4.98 Å². The molecular formula is C8H11N2O. The van der Waals surface area contributed by atoms with Crippen LogP contribution in [0.2, 0.25) is 0 Å². The predicted octanol–water partition coefficient (Wildman–Crippen LogP) is 0.940. The highest BCUT2D eigenvalue weighted by molar-refractivity contribution is 5.32. The molecule has 1 aromatic rings. The van der Waals surface area contributed by atoms with Gasteiger partial charge in [0.15, 0.2) is 0 Å². The Balaban J connectivity index is 2.28. The van der Waals surface area contributed by atoms with Gasteiger partial charge in [-0.05, 0) is 12.1 Å². The summed E-state index contributed by atoms with van der Waals surface area (Å²) < 4.78 is 4.87. The van der Waals surface area contributed by atoms with Crippen LogP contribution in [-0.2, 0) is 4.74 Å². The molecule has 1 rings (SSSR count). The van der Waals surface area contributed by atoms with Crippen LogP contribution < -0.4 is 5.32 Å². The maximum atomic E-state index is 4.87. The smallest absolute Gasteiger partial charge is 0.125 e. The van der Waals surface area contributed by atoms with Crippen LogP contribution in [0, 0.1) is 6.07 Å². The van der Waals surface area contributed by atoms with E-state index in [4.69, 9.17) is 4.74 Å². The van der Waals surface area contributed by atoms with Gasteiger partial charge in [-0.1, -0.05) is 0 Å². The number of methoxy groups -OCH3 is 1. The van der Waals surface area contributed by atoms with Gasteiger partial charge in [0, 0.05) is 25.9 Å². The van der Waals surface area contributed by atoms with Crippen molar-refractivity contribution in [1.29, 1.82) is 0 Å². The van der Waals surface area contributed by atoms with E-state index in [-0.39, 0.29) is 0 Å². The minimum Gasteiger partial charge on any atom is -0.383 e. The lowest BCUT2D eigenvalue weighted by atomic mass is 10.4. The average Bonchev–Trinajstić information content (AvgIpc) is 2.07. The van der Waals surface area contributed by atoms with Gasteiger partial charge in [-0.3, -0.25) is 0 Å². The Labute approximate surface area is 66.4 Å². The highest BCUT2D eigenvalue weighted by atomic mass is 16.5. The Morgan fingerprint density at radius 1 is 1.73 bits per heavy atom. The van der Waals surface area contributed by atoms with Crippen LogP contribution >= 0.6 is 0 Å². The van der Waals surface area contributed by atoms with Gasteiger partial charge >= 0.3 is 0 Å². The van der Waals surface area contributed by atoms with Crippen molar-refractivity contribution in [2.45, 2.75) is 0 Å². The second-order valence-corrected chi connectivity index (χ2v) is 2.06. The van der Waals surface area contributed by atoms with Crippen molar-refractivity contribution in [3.05, 3.63) is 24.4 Å². The molecule has 0 spiro atoms. The standard InChI is InChI=1S/C8H11N2O/c1-11-7-6-10-8-4-2-3-5-9-8/h2,4-5H,6-7H2,1H3,(H,9,10). The molecule has 1 heterocycles. The van der Waals surface area contributed by atoms with Crippen molar-refractivity contribution in [2.75, 3.05) is 25.6 Å². The third-order valence-corrected chi connectivity index (χ3v) is 1.23. The molecule has 0 aliphatic rings. The molecule has 0 unspecified atom stereocenters. The lowest BCUT2D eigenvalue weighted by Crippen LogP contribution is -2.08. The Morgan fingerprint density at radius 2 is 2.64 bits per heavy atom. The molecule has 0 saturated carbocycles. The number of pyridine rings is 1. The van der Waals surface area contributed by atoms with Crippen molar-refractivity contribution < 1.29 is 4.74 Å². The summed E-state index contributed by atoms with van der Waals surface area (Å²) >= 11 is 0. The molecular weight excluding hydrogens is 140 g/mol. The fraction of sp³-hybridized carbons (Fsp3) is 0.375. The van der Waals surface area contributed by atoms with Crippen LogP contribution in [0.3, 0.4) is 0 Å². The second kappa shape index (κ2) is 4.68. The first-order valence-electron chi connectivity index (χ1n) is 3.48. The van der Waals surface area contributed by atoms with Crippen molar-refractivity contribution in [2.24, 2.45) is 0 Å². The zero-order chi connectivity index (χ0) is 7.94. The molecule has 0 saturated heterocycles. The normalized spacial score (nSPS) is 9.55. The van der Waals surface area contributed by atoms with Crippen molar-refractivity contribution >= 4 is 5.82 Å². The summed E-state index contributed by atoms with van der Waals surface area (Å²) in [5.41, 5.74) is 0. The quantitative estimate of drug-likeness (QED) is 0.650. The molecule has 0 aliphatic heterocycles. The van der Waals surface area contributed by atoms with Gasteiger partial charge in [-0.25, -0.2) is 4.98 Å². The molecule has 0 aromatic carbocycles. The van der Waals surface area contributed by atoms with Crippen LogP contribution in [0.15, 0.2) is 18.3 Å². The van der Waals surface area contributed by atoms with Crippen LogP contribution in [0.1, 0.15) is 0 Å². The largest absolute Gasteiger partial charge is 0.383 e. The van der Waals surface area contributed by atoms with Gasteiger partial charge in [-0.2, -0.15) is 0 Å². The maximum absolute atomic E-state index is 4.87. The molecule has 59 valence electrons. The number of hydrogen-bond donors (Lipinski definition) is 1. The second-order valence-electron chi connectivity index (χ2n) is 2.06. The lowest BCUT2D eigenvalue weighted by Gasteiger charge is -2.02. The van der Waals surface area contributed by atoms with Gasteiger partial charge in [0.2, 0.25) is 0 Å². The summed E-state index contributed by atoms with van der Waals surface area (Å²) in [6.07, 6.45) is 1.63. The summed E-state index contributed by atoms with van der Waals surface area (Å²) in [6.45, 7) is 1.48. The van der Waals surface area contributed by atoms with Crippen LogP contribution in [0.5, 0.6) is 0 Å². The zero-order valence-electron chi connectivity index (χ0n) is 6.50. The van der Waals surface area contributed by atoms with E-state index in [1.807, 2.05) is 12.1 Å². The zero-order valence-corrected chi connectivity index (χ0v) is 6.50. The van der Waals surface area contributed by atoms with Crippen molar-refractivity contribution in [3.63, 3.8) is 0 Å². The summed E-state index contributed by atoms with van der Waals surface area (Å²) in [7, 11) is 1.67. The van der Waals surface area contributed by atoms with Crippen LogP contribution in [-0.4, -0.2) is 25.2 Å². The number of anilines is 1. The van der Waals surface area contributed by atoms with E-state index >= 15 is 0 Å². The Bertz CT molecular complexity index is 189. The van der Waals surface area contributed by atoms with Gasteiger partial charge < -0.3 is 10.1 Å². The van der Waals surface area contributed by atoms with Gasteiger partial charge in [-0.15, -0.1) is 0 Å². The monoisotopic (exact) mass is 151 g/mol. The number of nitrogens with one attached hydrogen (secondary N) is 1. The average molecular weight is 151 g/mol. The van der Waals surface area contributed by atoms with Gasteiger partial charge in [0.05, 0.1) is 6.61 Å². The molecule has 1 radical (unpaired) electrons. The first kappa shape index (κ1) is 8.01.